The van der Waals surface area contributed by atoms with Gasteiger partial charge in [-0.2, -0.15) is 0 Å². The van der Waals surface area contributed by atoms with Gasteiger partial charge in [0.15, 0.2) is 11.6 Å². The summed E-state index contributed by atoms with van der Waals surface area (Å²) in [5.41, 5.74) is 0.511. The molecule has 2 aliphatic rings. The largest absolute Gasteiger partial charge is 0.343 e. The third kappa shape index (κ3) is 3.21. The quantitative estimate of drug-likeness (QED) is 0.838. The van der Waals surface area contributed by atoms with Gasteiger partial charge in [0.2, 0.25) is 11.8 Å². The molecule has 0 unspecified atom stereocenters. The molecule has 2 aliphatic heterocycles. The van der Waals surface area contributed by atoms with Gasteiger partial charge in [-0.1, -0.05) is 6.07 Å². The van der Waals surface area contributed by atoms with Crippen LogP contribution in [-0.4, -0.2) is 41.2 Å². The van der Waals surface area contributed by atoms with Crippen LogP contribution in [0.2, 0.25) is 0 Å². The minimum atomic E-state index is -0.890. The summed E-state index contributed by atoms with van der Waals surface area (Å²) >= 11 is 0. The van der Waals surface area contributed by atoms with Crippen molar-refractivity contribution in [1.29, 1.82) is 0 Å². The van der Waals surface area contributed by atoms with Gasteiger partial charge in [0.1, 0.15) is 0 Å². The smallest absolute Gasteiger partial charge is 0.223 e. The van der Waals surface area contributed by atoms with E-state index in [0.29, 0.717) is 38.2 Å². The predicted octanol–water partition coefficient (Wildman–Crippen LogP) is 2.33. The van der Waals surface area contributed by atoms with Crippen molar-refractivity contribution in [3.63, 3.8) is 0 Å². The third-order valence-corrected chi connectivity index (χ3v) is 5.03. The van der Waals surface area contributed by atoms with Gasteiger partial charge in [0.05, 0.1) is 0 Å². The molecular weight excluding hydrogens is 302 g/mol. The number of amides is 2. The molecule has 2 heterocycles. The Morgan fingerprint density at radius 3 is 2.52 bits per heavy atom. The molecule has 0 bridgehead atoms. The number of carbonyl (C=O) groups excluding carboxylic acids is 2. The second-order valence-corrected chi connectivity index (χ2v) is 6.68. The molecule has 124 valence electrons. The molecule has 1 aromatic carbocycles. The van der Waals surface area contributed by atoms with E-state index in [1.165, 1.54) is 6.07 Å². The molecule has 2 saturated heterocycles. The van der Waals surface area contributed by atoms with Crippen LogP contribution in [0.3, 0.4) is 0 Å². The maximum Gasteiger partial charge on any atom is 0.223 e. The number of hydrogen-bond donors (Lipinski definition) is 0. The molecule has 6 heteroatoms. The van der Waals surface area contributed by atoms with Crippen molar-refractivity contribution < 1.29 is 18.4 Å². The van der Waals surface area contributed by atoms with Gasteiger partial charge in [-0.3, -0.25) is 9.59 Å². The molecule has 1 aromatic rings. The Hall–Kier alpha value is -1.98. The van der Waals surface area contributed by atoms with E-state index in [4.69, 9.17) is 0 Å². The monoisotopic (exact) mass is 322 g/mol. The standard InChI is InChI=1S/C17H20F2N2O2/c1-12(22)20-6-4-17(5-7-20)9-16(23)21(11-17)10-13-2-3-14(18)15(19)8-13/h2-3,8H,4-7,9-11H2,1H3. The Labute approximate surface area is 134 Å². The Balaban J connectivity index is 1.66. The average molecular weight is 322 g/mol. The first-order valence-electron chi connectivity index (χ1n) is 7.86. The van der Waals surface area contributed by atoms with E-state index in [1.807, 2.05) is 4.90 Å². The van der Waals surface area contributed by atoms with Crippen LogP contribution in [0.15, 0.2) is 18.2 Å². The van der Waals surface area contributed by atoms with Crippen LogP contribution in [0.4, 0.5) is 8.78 Å². The lowest BCUT2D eigenvalue weighted by molar-refractivity contribution is -0.131. The van der Waals surface area contributed by atoms with Gasteiger partial charge in [-0.05, 0) is 30.5 Å². The van der Waals surface area contributed by atoms with Gasteiger partial charge >= 0.3 is 0 Å². The number of carbonyl (C=O) groups is 2. The van der Waals surface area contributed by atoms with Gasteiger partial charge < -0.3 is 9.80 Å². The van der Waals surface area contributed by atoms with Crippen LogP contribution in [0, 0.1) is 17.0 Å². The number of likely N-dealkylation sites (tertiary alicyclic amines) is 2. The number of benzene rings is 1. The molecule has 0 saturated carbocycles. The van der Waals surface area contributed by atoms with E-state index >= 15 is 0 Å². The summed E-state index contributed by atoms with van der Waals surface area (Å²) in [6.07, 6.45) is 2.10. The summed E-state index contributed by atoms with van der Waals surface area (Å²) < 4.78 is 26.3. The fraction of sp³-hybridized carbons (Fsp3) is 0.529. The Kier molecular flexibility index (Phi) is 4.08. The summed E-state index contributed by atoms with van der Waals surface area (Å²) in [6, 6.07) is 3.74. The average Bonchev–Trinajstić information content (AvgIpc) is 2.79. The van der Waals surface area contributed by atoms with Crippen LogP contribution in [0.25, 0.3) is 0 Å². The fourth-order valence-electron chi connectivity index (χ4n) is 3.61. The van der Waals surface area contributed by atoms with Crippen molar-refractivity contribution in [2.75, 3.05) is 19.6 Å². The fourth-order valence-corrected chi connectivity index (χ4v) is 3.61. The molecule has 2 fully saturated rings. The number of nitrogens with zero attached hydrogens (tertiary/aromatic N) is 2. The van der Waals surface area contributed by atoms with Crippen LogP contribution in [0.1, 0.15) is 31.7 Å². The third-order valence-electron chi connectivity index (χ3n) is 5.03. The summed E-state index contributed by atoms with van der Waals surface area (Å²) in [5, 5.41) is 0. The summed E-state index contributed by atoms with van der Waals surface area (Å²) in [5.74, 6) is -1.65. The van der Waals surface area contributed by atoms with Crippen LogP contribution >= 0.6 is 0 Å². The molecule has 0 aromatic heterocycles. The van der Waals surface area contributed by atoms with Gasteiger partial charge in [-0.25, -0.2) is 8.78 Å². The summed E-state index contributed by atoms with van der Waals surface area (Å²) in [7, 11) is 0. The van der Waals surface area contributed by atoms with Gasteiger partial charge in [0, 0.05) is 44.9 Å². The maximum absolute atomic E-state index is 13.3. The first-order valence-corrected chi connectivity index (χ1v) is 7.86. The van der Waals surface area contributed by atoms with E-state index < -0.39 is 11.6 Å². The predicted molar refractivity (Wildman–Crippen MR) is 80.3 cm³/mol. The highest BCUT2D eigenvalue weighted by Gasteiger charge is 2.45. The topological polar surface area (TPSA) is 40.6 Å². The SMILES string of the molecule is CC(=O)N1CCC2(CC1)CC(=O)N(Cc1ccc(F)c(F)c1)C2. The first kappa shape index (κ1) is 15.9. The molecule has 0 N–H and O–H groups in total. The number of rotatable bonds is 2. The Morgan fingerprint density at radius 2 is 1.91 bits per heavy atom. The van der Waals surface area contributed by atoms with Gasteiger partial charge in [-0.15, -0.1) is 0 Å². The first-order chi connectivity index (χ1) is 10.9. The number of piperidine rings is 1. The highest BCUT2D eigenvalue weighted by atomic mass is 19.2. The van der Waals surface area contributed by atoms with E-state index in [1.54, 1.807) is 11.8 Å². The lowest BCUT2D eigenvalue weighted by Crippen LogP contribution is -2.43. The molecule has 0 atom stereocenters. The van der Waals surface area contributed by atoms with Gasteiger partial charge in [0.25, 0.3) is 0 Å². The normalized spacial score (nSPS) is 20.4. The Morgan fingerprint density at radius 1 is 1.22 bits per heavy atom. The van der Waals surface area contributed by atoms with E-state index in [9.17, 15) is 18.4 Å². The summed E-state index contributed by atoms with van der Waals surface area (Å²) in [4.78, 5) is 27.2. The molecule has 0 aliphatic carbocycles. The molecule has 4 nitrogen and oxygen atoms in total. The van der Waals surface area contributed by atoms with E-state index in [-0.39, 0.29) is 17.2 Å². The minimum absolute atomic E-state index is 0.0472. The van der Waals surface area contributed by atoms with Crippen molar-refractivity contribution >= 4 is 11.8 Å². The van der Waals surface area contributed by atoms with E-state index in [0.717, 1.165) is 25.0 Å². The van der Waals surface area contributed by atoms with Crippen LogP contribution in [0.5, 0.6) is 0 Å². The van der Waals surface area contributed by atoms with Crippen molar-refractivity contribution in [2.45, 2.75) is 32.7 Å². The molecule has 2 amide bonds. The Bertz CT molecular complexity index is 639. The van der Waals surface area contributed by atoms with Crippen LogP contribution < -0.4 is 0 Å². The van der Waals surface area contributed by atoms with Crippen molar-refractivity contribution in [3.8, 4) is 0 Å². The highest BCUT2D eigenvalue weighted by molar-refractivity contribution is 5.79. The number of hydrogen-bond acceptors (Lipinski definition) is 2. The lowest BCUT2D eigenvalue weighted by Gasteiger charge is -2.38. The molecule has 0 radical (unpaired) electrons. The second kappa shape index (κ2) is 5.91. The van der Waals surface area contributed by atoms with Crippen LogP contribution in [-0.2, 0) is 16.1 Å². The van der Waals surface area contributed by atoms with Crippen molar-refractivity contribution in [2.24, 2.45) is 5.41 Å². The molecular formula is C17H20F2N2O2. The van der Waals surface area contributed by atoms with Crippen molar-refractivity contribution in [1.82, 2.24) is 9.80 Å². The summed E-state index contributed by atoms with van der Waals surface area (Å²) in [6.45, 7) is 3.85. The van der Waals surface area contributed by atoms with Crippen molar-refractivity contribution in [3.05, 3.63) is 35.4 Å². The maximum atomic E-state index is 13.3. The number of halogens is 2. The molecule has 1 spiro atoms. The zero-order chi connectivity index (χ0) is 16.6. The minimum Gasteiger partial charge on any atom is -0.343 e. The molecule has 3 rings (SSSR count). The highest BCUT2D eigenvalue weighted by Crippen LogP contribution is 2.41. The molecule has 23 heavy (non-hydrogen) atoms. The zero-order valence-electron chi connectivity index (χ0n) is 13.1. The lowest BCUT2D eigenvalue weighted by atomic mass is 9.77. The van der Waals surface area contributed by atoms with E-state index in [2.05, 4.69) is 0 Å². The second-order valence-electron chi connectivity index (χ2n) is 6.68. The zero-order valence-corrected chi connectivity index (χ0v) is 13.1.